The maximum atomic E-state index is 3.54. The van der Waals surface area contributed by atoms with Gasteiger partial charge in [0.05, 0.1) is 0 Å². The molecule has 1 atom stereocenters. The number of nitrogens with one attached hydrogen (secondary N) is 1. The summed E-state index contributed by atoms with van der Waals surface area (Å²) in [4.78, 5) is 2.49. The highest BCUT2D eigenvalue weighted by Crippen LogP contribution is 2.06. The molecule has 1 unspecified atom stereocenters. The van der Waals surface area contributed by atoms with Crippen LogP contribution in [0.5, 0.6) is 0 Å². The third kappa shape index (κ3) is 3.49. The Morgan fingerprint density at radius 1 is 1.31 bits per heavy atom. The largest absolute Gasteiger partial charge is 0.307 e. The zero-order chi connectivity index (χ0) is 9.84. The molecule has 0 spiro atoms. The van der Waals surface area contributed by atoms with Gasteiger partial charge in [-0.05, 0) is 13.8 Å². The third-order valence-corrected chi connectivity index (χ3v) is 2.42. The van der Waals surface area contributed by atoms with Crippen molar-refractivity contribution >= 4 is 0 Å². The lowest BCUT2D eigenvalue weighted by Gasteiger charge is -2.33. The van der Waals surface area contributed by atoms with Crippen molar-refractivity contribution in [1.29, 1.82) is 0 Å². The summed E-state index contributed by atoms with van der Waals surface area (Å²) >= 11 is 0. The summed E-state index contributed by atoms with van der Waals surface area (Å²) in [5.41, 5.74) is 0. The van der Waals surface area contributed by atoms with Gasteiger partial charge in [-0.3, -0.25) is 4.90 Å². The number of hydrogen-bond donors (Lipinski definition) is 1. The highest BCUT2D eigenvalue weighted by Gasteiger charge is 2.17. The van der Waals surface area contributed by atoms with Crippen LogP contribution in [0.1, 0.15) is 27.7 Å². The summed E-state index contributed by atoms with van der Waals surface area (Å²) < 4.78 is 0. The quantitative estimate of drug-likeness (QED) is 0.667. The highest BCUT2D eigenvalue weighted by atomic mass is 15.2. The van der Waals surface area contributed by atoms with Crippen LogP contribution in [0.15, 0.2) is 12.2 Å². The summed E-state index contributed by atoms with van der Waals surface area (Å²) in [6, 6.07) is 1.76. The van der Waals surface area contributed by atoms with Crippen molar-refractivity contribution in [1.82, 2.24) is 10.2 Å². The first-order valence-corrected chi connectivity index (χ1v) is 5.26. The number of rotatable bonds is 3. The lowest BCUT2D eigenvalue weighted by molar-refractivity contribution is 0.216. The number of hydrogen-bond acceptors (Lipinski definition) is 2. The van der Waals surface area contributed by atoms with Gasteiger partial charge in [0.2, 0.25) is 0 Å². The second-order valence-electron chi connectivity index (χ2n) is 4.40. The van der Waals surface area contributed by atoms with Crippen LogP contribution in [0, 0.1) is 0 Å². The van der Waals surface area contributed by atoms with E-state index in [0.29, 0.717) is 18.1 Å². The van der Waals surface area contributed by atoms with Crippen molar-refractivity contribution in [3.05, 3.63) is 12.2 Å². The zero-order valence-corrected chi connectivity index (χ0v) is 9.25. The van der Waals surface area contributed by atoms with Crippen molar-refractivity contribution in [2.75, 3.05) is 13.1 Å². The van der Waals surface area contributed by atoms with E-state index >= 15 is 0 Å². The molecular formula is C11H22N2. The lowest BCUT2D eigenvalue weighted by atomic mass is 10.1. The SMILES string of the molecule is CC(C)NC1C=CCN(C(C)C)C1. The van der Waals surface area contributed by atoms with Crippen molar-refractivity contribution in [3.63, 3.8) is 0 Å². The molecule has 0 fully saturated rings. The van der Waals surface area contributed by atoms with Gasteiger partial charge in [-0.2, -0.15) is 0 Å². The monoisotopic (exact) mass is 182 g/mol. The summed E-state index contributed by atoms with van der Waals surface area (Å²) in [6.07, 6.45) is 4.56. The summed E-state index contributed by atoms with van der Waals surface area (Å²) in [7, 11) is 0. The van der Waals surface area contributed by atoms with E-state index in [9.17, 15) is 0 Å². The van der Waals surface area contributed by atoms with E-state index in [4.69, 9.17) is 0 Å². The van der Waals surface area contributed by atoms with Gasteiger partial charge in [0, 0.05) is 31.2 Å². The highest BCUT2D eigenvalue weighted by molar-refractivity contribution is 5.02. The van der Waals surface area contributed by atoms with E-state index in [1.54, 1.807) is 0 Å². The van der Waals surface area contributed by atoms with Gasteiger partial charge in [0.15, 0.2) is 0 Å². The van der Waals surface area contributed by atoms with Crippen LogP contribution in [0.2, 0.25) is 0 Å². The molecule has 0 aromatic heterocycles. The second-order valence-corrected chi connectivity index (χ2v) is 4.40. The third-order valence-electron chi connectivity index (χ3n) is 2.42. The van der Waals surface area contributed by atoms with Crippen molar-refractivity contribution in [2.45, 2.75) is 45.8 Å². The van der Waals surface area contributed by atoms with Crippen LogP contribution in [-0.2, 0) is 0 Å². The molecule has 1 rings (SSSR count). The van der Waals surface area contributed by atoms with Crippen LogP contribution in [0.25, 0.3) is 0 Å². The Morgan fingerprint density at radius 3 is 2.54 bits per heavy atom. The Bertz CT molecular complexity index is 173. The average Bonchev–Trinajstić information content (AvgIpc) is 2.03. The second kappa shape index (κ2) is 4.77. The Balaban J connectivity index is 2.42. The van der Waals surface area contributed by atoms with E-state index < -0.39 is 0 Å². The molecule has 2 nitrogen and oxygen atoms in total. The fourth-order valence-corrected chi connectivity index (χ4v) is 1.71. The first-order valence-electron chi connectivity index (χ1n) is 5.26. The average molecular weight is 182 g/mol. The van der Waals surface area contributed by atoms with Gasteiger partial charge in [0.25, 0.3) is 0 Å². The van der Waals surface area contributed by atoms with Crippen LogP contribution in [0.4, 0.5) is 0 Å². The molecule has 76 valence electrons. The Kier molecular flexibility index (Phi) is 3.94. The maximum absolute atomic E-state index is 3.54. The fourth-order valence-electron chi connectivity index (χ4n) is 1.71. The molecule has 1 aliphatic heterocycles. The summed E-state index contributed by atoms with van der Waals surface area (Å²) in [5, 5.41) is 3.54. The van der Waals surface area contributed by atoms with E-state index in [1.165, 1.54) is 0 Å². The molecule has 0 saturated heterocycles. The molecular weight excluding hydrogens is 160 g/mol. The molecule has 0 bridgehead atoms. The van der Waals surface area contributed by atoms with Crippen molar-refractivity contribution < 1.29 is 0 Å². The predicted molar refractivity (Wildman–Crippen MR) is 57.9 cm³/mol. The normalized spacial score (nSPS) is 24.6. The molecule has 0 saturated carbocycles. The Labute approximate surface area is 82.0 Å². The molecule has 13 heavy (non-hydrogen) atoms. The Hall–Kier alpha value is -0.340. The molecule has 0 aliphatic carbocycles. The van der Waals surface area contributed by atoms with Gasteiger partial charge in [-0.15, -0.1) is 0 Å². The predicted octanol–water partition coefficient (Wildman–Crippen LogP) is 1.63. The van der Waals surface area contributed by atoms with Gasteiger partial charge in [-0.25, -0.2) is 0 Å². The first-order chi connectivity index (χ1) is 6.09. The van der Waals surface area contributed by atoms with Gasteiger partial charge in [0.1, 0.15) is 0 Å². The Morgan fingerprint density at radius 2 is 2.00 bits per heavy atom. The molecule has 2 heteroatoms. The minimum Gasteiger partial charge on any atom is -0.307 e. The molecule has 0 aromatic rings. The molecule has 0 aromatic carbocycles. The van der Waals surface area contributed by atoms with Gasteiger partial charge in [-0.1, -0.05) is 26.0 Å². The first kappa shape index (κ1) is 10.7. The van der Waals surface area contributed by atoms with Crippen molar-refractivity contribution in [3.8, 4) is 0 Å². The molecule has 0 radical (unpaired) electrons. The van der Waals surface area contributed by atoms with Crippen LogP contribution in [0.3, 0.4) is 0 Å². The summed E-state index contributed by atoms with van der Waals surface area (Å²) in [6.45, 7) is 11.2. The topological polar surface area (TPSA) is 15.3 Å². The van der Waals surface area contributed by atoms with E-state index in [-0.39, 0.29) is 0 Å². The lowest BCUT2D eigenvalue weighted by Crippen LogP contribution is -2.47. The minimum atomic E-state index is 0.538. The fraction of sp³-hybridized carbons (Fsp3) is 0.818. The van der Waals surface area contributed by atoms with Gasteiger partial charge >= 0.3 is 0 Å². The minimum absolute atomic E-state index is 0.538. The van der Waals surface area contributed by atoms with Crippen LogP contribution in [-0.4, -0.2) is 36.1 Å². The zero-order valence-electron chi connectivity index (χ0n) is 9.25. The van der Waals surface area contributed by atoms with Crippen LogP contribution >= 0.6 is 0 Å². The molecule has 0 amide bonds. The molecule has 1 heterocycles. The number of nitrogens with zero attached hydrogens (tertiary/aromatic N) is 1. The maximum Gasteiger partial charge on any atom is 0.0381 e. The van der Waals surface area contributed by atoms with Crippen LogP contribution < -0.4 is 5.32 Å². The summed E-state index contributed by atoms with van der Waals surface area (Å²) in [5.74, 6) is 0. The molecule has 1 N–H and O–H groups in total. The smallest absolute Gasteiger partial charge is 0.0381 e. The molecule has 1 aliphatic rings. The van der Waals surface area contributed by atoms with Crippen molar-refractivity contribution in [2.24, 2.45) is 0 Å². The van der Waals surface area contributed by atoms with E-state index in [2.05, 4.69) is 50.1 Å². The van der Waals surface area contributed by atoms with E-state index in [0.717, 1.165) is 13.1 Å². The standard InChI is InChI=1S/C11H22N2/c1-9(2)12-11-6-5-7-13(8-11)10(3)4/h5-6,9-12H,7-8H2,1-4H3. The van der Waals surface area contributed by atoms with E-state index in [1.807, 2.05) is 0 Å². The van der Waals surface area contributed by atoms with Gasteiger partial charge < -0.3 is 5.32 Å².